The normalized spacial score (nSPS) is 20.9. The molecule has 0 aromatic carbocycles. The third kappa shape index (κ3) is 5.02. The third-order valence-electron chi connectivity index (χ3n) is 3.22. The van der Waals surface area contributed by atoms with Gasteiger partial charge in [0.2, 0.25) is 5.91 Å². The van der Waals surface area contributed by atoms with Crippen LogP contribution in [0.15, 0.2) is 0 Å². The minimum Gasteiger partial charge on any atom is -0.385 e. The molecule has 0 aliphatic carbocycles. The summed E-state index contributed by atoms with van der Waals surface area (Å²) in [5.41, 5.74) is 0. The number of piperazine rings is 1. The van der Waals surface area contributed by atoms with Crippen molar-refractivity contribution in [3.8, 4) is 0 Å². The van der Waals surface area contributed by atoms with E-state index < -0.39 is 0 Å². The molecule has 2 atom stereocenters. The zero-order valence-corrected chi connectivity index (χ0v) is 11.2. The van der Waals surface area contributed by atoms with Gasteiger partial charge in [0, 0.05) is 45.9 Å². The fourth-order valence-electron chi connectivity index (χ4n) is 1.97. The second kappa shape index (κ2) is 7.63. The van der Waals surface area contributed by atoms with Gasteiger partial charge in [-0.05, 0) is 20.3 Å². The molecule has 1 aliphatic heterocycles. The Morgan fingerprint density at radius 1 is 1.41 bits per heavy atom. The van der Waals surface area contributed by atoms with Crippen LogP contribution in [0.25, 0.3) is 0 Å². The number of carbonyl (C=O) groups excluding carboxylic acids is 1. The molecular weight excluding hydrogens is 218 g/mol. The number of nitrogens with one attached hydrogen (secondary N) is 2. The van der Waals surface area contributed by atoms with Crippen molar-refractivity contribution in [3.05, 3.63) is 0 Å². The van der Waals surface area contributed by atoms with Gasteiger partial charge in [0.15, 0.2) is 0 Å². The van der Waals surface area contributed by atoms with Crippen molar-refractivity contribution in [3.63, 3.8) is 0 Å². The van der Waals surface area contributed by atoms with E-state index in [0.717, 1.165) is 32.6 Å². The molecule has 0 saturated carbocycles. The molecular formula is C12H25N3O2. The van der Waals surface area contributed by atoms with Crippen LogP contribution in [0.5, 0.6) is 0 Å². The first kappa shape index (κ1) is 14.4. The standard InChI is InChI=1S/C12H25N3O2/c1-10(4-9-17-3)14-12(16)11(2)15-7-5-13-6-8-15/h10-11,13H,4-9H2,1-3H3,(H,14,16). The maximum absolute atomic E-state index is 12.0. The maximum Gasteiger partial charge on any atom is 0.237 e. The van der Waals surface area contributed by atoms with Gasteiger partial charge in [-0.15, -0.1) is 0 Å². The Hall–Kier alpha value is -0.650. The molecule has 2 unspecified atom stereocenters. The summed E-state index contributed by atoms with van der Waals surface area (Å²) in [4.78, 5) is 14.2. The molecule has 1 aliphatic rings. The lowest BCUT2D eigenvalue weighted by molar-refractivity contribution is -0.126. The Bertz CT molecular complexity index is 230. The van der Waals surface area contributed by atoms with Crippen LogP contribution < -0.4 is 10.6 Å². The van der Waals surface area contributed by atoms with Crippen molar-refractivity contribution < 1.29 is 9.53 Å². The number of rotatable bonds is 6. The zero-order chi connectivity index (χ0) is 12.7. The number of hydrogen-bond acceptors (Lipinski definition) is 4. The van der Waals surface area contributed by atoms with Crippen LogP contribution in [0.2, 0.25) is 0 Å². The number of ether oxygens (including phenoxy) is 1. The summed E-state index contributed by atoms with van der Waals surface area (Å²) in [6.45, 7) is 8.50. The first-order valence-electron chi connectivity index (χ1n) is 6.39. The van der Waals surface area contributed by atoms with Crippen molar-refractivity contribution in [2.24, 2.45) is 0 Å². The average molecular weight is 243 g/mol. The zero-order valence-electron chi connectivity index (χ0n) is 11.2. The number of methoxy groups -OCH3 is 1. The van der Waals surface area contributed by atoms with Gasteiger partial charge in [-0.1, -0.05) is 0 Å². The Labute approximate surface area is 104 Å². The highest BCUT2D eigenvalue weighted by Crippen LogP contribution is 2.02. The van der Waals surface area contributed by atoms with Crippen molar-refractivity contribution in [1.82, 2.24) is 15.5 Å². The molecule has 1 rings (SSSR count). The highest BCUT2D eigenvalue weighted by atomic mass is 16.5. The van der Waals surface area contributed by atoms with E-state index >= 15 is 0 Å². The summed E-state index contributed by atoms with van der Waals surface area (Å²) < 4.78 is 5.00. The van der Waals surface area contributed by atoms with Gasteiger partial charge in [0.05, 0.1) is 6.04 Å². The molecule has 5 heteroatoms. The predicted octanol–water partition coefficient (Wildman–Crippen LogP) is -0.179. The first-order valence-corrected chi connectivity index (χ1v) is 6.39. The molecule has 17 heavy (non-hydrogen) atoms. The van der Waals surface area contributed by atoms with E-state index in [0.29, 0.717) is 6.61 Å². The summed E-state index contributed by atoms with van der Waals surface area (Å²) >= 11 is 0. The van der Waals surface area contributed by atoms with Crippen molar-refractivity contribution in [2.75, 3.05) is 39.9 Å². The SMILES string of the molecule is COCCC(C)NC(=O)C(C)N1CCNCC1. The molecule has 0 spiro atoms. The Kier molecular flexibility index (Phi) is 6.47. The topological polar surface area (TPSA) is 53.6 Å². The fraction of sp³-hybridized carbons (Fsp3) is 0.917. The second-order valence-electron chi connectivity index (χ2n) is 4.65. The Balaban J connectivity index is 2.29. The van der Waals surface area contributed by atoms with Crippen LogP contribution in [0.4, 0.5) is 0 Å². The lowest BCUT2D eigenvalue weighted by Gasteiger charge is -2.32. The molecule has 5 nitrogen and oxygen atoms in total. The fourth-order valence-corrected chi connectivity index (χ4v) is 1.97. The quantitative estimate of drug-likeness (QED) is 0.679. The highest BCUT2D eigenvalue weighted by Gasteiger charge is 2.23. The summed E-state index contributed by atoms with van der Waals surface area (Å²) in [6, 6.07) is 0.134. The number of nitrogens with zero attached hydrogens (tertiary/aromatic N) is 1. The molecule has 1 saturated heterocycles. The number of amides is 1. The average Bonchev–Trinajstić information content (AvgIpc) is 2.36. The largest absolute Gasteiger partial charge is 0.385 e. The lowest BCUT2D eigenvalue weighted by atomic mass is 10.2. The van der Waals surface area contributed by atoms with Crippen molar-refractivity contribution >= 4 is 5.91 Å². The van der Waals surface area contributed by atoms with Gasteiger partial charge in [0.1, 0.15) is 0 Å². The summed E-state index contributed by atoms with van der Waals surface area (Å²) in [7, 11) is 1.68. The van der Waals surface area contributed by atoms with E-state index in [1.165, 1.54) is 0 Å². The van der Waals surface area contributed by atoms with Crippen LogP contribution in [0, 0.1) is 0 Å². The summed E-state index contributed by atoms with van der Waals surface area (Å²) in [5.74, 6) is 0.121. The van der Waals surface area contributed by atoms with Crippen LogP contribution in [0.1, 0.15) is 20.3 Å². The maximum atomic E-state index is 12.0. The number of hydrogen-bond donors (Lipinski definition) is 2. The lowest BCUT2D eigenvalue weighted by Crippen LogP contribution is -2.53. The van der Waals surface area contributed by atoms with Gasteiger partial charge in [-0.2, -0.15) is 0 Å². The van der Waals surface area contributed by atoms with E-state index in [1.54, 1.807) is 7.11 Å². The minimum atomic E-state index is -0.0397. The Morgan fingerprint density at radius 2 is 2.06 bits per heavy atom. The summed E-state index contributed by atoms with van der Waals surface area (Å²) in [6.07, 6.45) is 0.858. The van der Waals surface area contributed by atoms with E-state index in [-0.39, 0.29) is 18.0 Å². The molecule has 0 bridgehead atoms. The van der Waals surface area contributed by atoms with Gasteiger partial charge in [-0.3, -0.25) is 9.69 Å². The molecule has 0 aromatic heterocycles. The number of carbonyl (C=O) groups is 1. The predicted molar refractivity (Wildman–Crippen MR) is 68.0 cm³/mol. The van der Waals surface area contributed by atoms with E-state index in [4.69, 9.17) is 4.74 Å². The molecule has 1 amide bonds. The third-order valence-corrected chi connectivity index (χ3v) is 3.22. The van der Waals surface area contributed by atoms with E-state index in [9.17, 15) is 4.79 Å². The minimum absolute atomic E-state index is 0.0397. The van der Waals surface area contributed by atoms with E-state index in [1.807, 2.05) is 13.8 Å². The highest BCUT2D eigenvalue weighted by molar-refractivity contribution is 5.81. The van der Waals surface area contributed by atoms with Gasteiger partial charge >= 0.3 is 0 Å². The Morgan fingerprint density at radius 3 is 2.65 bits per heavy atom. The smallest absolute Gasteiger partial charge is 0.237 e. The molecule has 1 heterocycles. The summed E-state index contributed by atoms with van der Waals surface area (Å²) in [5, 5.41) is 6.32. The van der Waals surface area contributed by atoms with Crippen LogP contribution in [0.3, 0.4) is 0 Å². The van der Waals surface area contributed by atoms with Crippen LogP contribution >= 0.6 is 0 Å². The molecule has 2 N–H and O–H groups in total. The van der Waals surface area contributed by atoms with Crippen LogP contribution in [-0.4, -0.2) is 62.8 Å². The molecule has 0 aromatic rings. The first-order chi connectivity index (χ1) is 8.15. The van der Waals surface area contributed by atoms with Crippen molar-refractivity contribution in [1.29, 1.82) is 0 Å². The second-order valence-corrected chi connectivity index (χ2v) is 4.65. The van der Waals surface area contributed by atoms with Gasteiger partial charge in [0.25, 0.3) is 0 Å². The molecule has 100 valence electrons. The van der Waals surface area contributed by atoms with Gasteiger partial charge in [-0.25, -0.2) is 0 Å². The van der Waals surface area contributed by atoms with Crippen molar-refractivity contribution in [2.45, 2.75) is 32.4 Å². The molecule has 0 radical (unpaired) electrons. The van der Waals surface area contributed by atoms with Gasteiger partial charge < -0.3 is 15.4 Å². The van der Waals surface area contributed by atoms with Crippen LogP contribution in [-0.2, 0) is 9.53 Å². The monoisotopic (exact) mass is 243 g/mol. The molecule has 1 fully saturated rings. The van der Waals surface area contributed by atoms with E-state index in [2.05, 4.69) is 15.5 Å².